The molecule has 0 aliphatic heterocycles. The number of hydrogen-bond acceptors (Lipinski definition) is 4. The first kappa shape index (κ1) is 17.7. The van der Waals surface area contributed by atoms with Crippen molar-refractivity contribution in [2.24, 2.45) is 0 Å². The summed E-state index contributed by atoms with van der Waals surface area (Å²) in [5, 5.41) is 8.61. The lowest BCUT2D eigenvalue weighted by Crippen LogP contribution is -2.38. The maximum absolute atomic E-state index is 13.3. The van der Waals surface area contributed by atoms with Crippen LogP contribution in [0.25, 0.3) is 5.69 Å². The van der Waals surface area contributed by atoms with E-state index in [9.17, 15) is 18.0 Å². The Hall–Kier alpha value is -2.62. The fourth-order valence-corrected chi connectivity index (χ4v) is 2.06. The average molecular weight is 343 g/mol. The number of anilines is 1. The number of nitrogens with zero attached hydrogens (tertiary/aromatic N) is 3. The summed E-state index contributed by atoms with van der Waals surface area (Å²) in [6, 6.07) is 2.50. The Morgan fingerprint density at radius 3 is 2.75 bits per heavy atom. The van der Waals surface area contributed by atoms with Gasteiger partial charge in [0, 0.05) is 12.8 Å². The molecular formula is C14H16F3N5O2. The van der Waals surface area contributed by atoms with E-state index in [4.69, 9.17) is 4.74 Å². The highest BCUT2D eigenvalue weighted by molar-refractivity contribution is 5.89. The summed E-state index contributed by atoms with van der Waals surface area (Å²) in [6.45, 7) is 1.99. The molecular weight excluding hydrogens is 327 g/mol. The second-order valence-electron chi connectivity index (χ2n) is 5.02. The van der Waals surface area contributed by atoms with Gasteiger partial charge < -0.3 is 15.4 Å². The minimum atomic E-state index is -4.61. The van der Waals surface area contributed by atoms with E-state index in [-0.39, 0.29) is 24.0 Å². The number of benzene rings is 1. The van der Waals surface area contributed by atoms with Gasteiger partial charge in [-0.25, -0.2) is 14.5 Å². The lowest BCUT2D eigenvalue weighted by molar-refractivity contribution is -0.137. The monoisotopic (exact) mass is 343 g/mol. The molecule has 0 spiro atoms. The van der Waals surface area contributed by atoms with Crippen molar-refractivity contribution in [1.29, 1.82) is 0 Å². The number of hydrogen-bond donors (Lipinski definition) is 2. The number of ether oxygens (including phenoxy) is 1. The van der Waals surface area contributed by atoms with Gasteiger partial charge in [-0.15, -0.1) is 0 Å². The SMILES string of the molecule is COCC(C)NC(=O)Nc1ccc(-n2cncn2)c(C(F)(F)F)c1. The smallest absolute Gasteiger partial charge is 0.383 e. The third-order valence-corrected chi connectivity index (χ3v) is 3.02. The second kappa shape index (κ2) is 7.30. The molecule has 1 atom stereocenters. The summed E-state index contributed by atoms with van der Waals surface area (Å²) in [4.78, 5) is 15.4. The number of rotatable bonds is 5. The summed E-state index contributed by atoms with van der Waals surface area (Å²) in [7, 11) is 1.48. The van der Waals surface area contributed by atoms with E-state index in [0.29, 0.717) is 0 Å². The minimum Gasteiger partial charge on any atom is -0.383 e. The minimum absolute atomic E-state index is 0.00769. The van der Waals surface area contributed by atoms with Crippen LogP contribution in [0.4, 0.5) is 23.7 Å². The van der Waals surface area contributed by atoms with Gasteiger partial charge in [-0.3, -0.25) is 0 Å². The number of alkyl halides is 3. The normalized spacial score (nSPS) is 12.7. The summed E-state index contributed by atoms with van der Waals surface area (Å²) in [6.07, 6.45) is -2.31. The molecule has 2 rings (SSSR count). The molecule has 7 nitrogen and oxygen atoms in total. The van der Waals surface area contributed by atoms with E-state index in [1.807, 2.05) is 0 Å². The largest absolute Gasteiger partial charge is 0.418 e. The Balaban J connectivity index is 2.22. The zero-order chi connectivity index (χ0) is 17.7. The zero-order valence-electron chi connectivity index (χ0n) is 13.0. The molecule has 2 amide bonds. The Morgan fingerprint density at radius 2 is 2.17 bits per heavy atom. The molecule has 0 saturated heterocycles. The lowest BCUT2D eigenvalue weighted by atomic mass is 10.1. The number of carbonyl (C=O) groups excluding carboxylic acids is 1. The van der Waals surface area contributed by atoms with Crippen molar-refractivity contribution in [2.45, 2.75) is 19.1 Å². The third-order valence-electron chi connectivity index (χ3n) is 3.02. The molecule has 0 aliphatic rings. The van der Waals surface area contributed by atoms with Crippen LogP contribution in [0.5, 0.6) is 0 Å². The predicted molar refractivity (Wildman–Crippen MR) is 79.9 cm³/mol. The highest BCUT2D eigenvalue weighted by Gasteiger charge is 2.34. The maximum Gasteiger partial charge on any atom is 0.418 e. The molecule has 0 radical (unpaired) electrons. The van der Waals surface area contributed by atoms with Gasteiger partial charge in [0.2, 0.25) is 0 Å². The first-order valence-corrected chi connectivity index (χ1v) is 6.94. The third kappa shape index (κ3) is 4.44. The van der Waals surface area contributed by atoms with Gasteiger partial charge in [0.25, 0.3) is 0 Å². The molecule has 130 valence electrons. The number of methoxy groups -OCH3 is 1. The molecule has 1 heterocycles. The van der Waals surface area contributed by atoms with Crippen LogP contribution in [-0.2, 0) is 10.9 Å². The molecule has 1 aromatic heterocycles. The molecule has 1 aromatic carbocycles. The van der Waals surface area contributed by atoms with E-state index >= 15 is 0 Å². The summed E-state index contributed by atoms with van der Waals surface area (Å²) in [5.74, 6) is 0. The van der Waals surface area contributed by atoms with Crippen LogP contribution < -0.4 is 10.6 Å². The van der Waals surface area contributed by atoms with Crippen LogP contribution in [0.2, 0.25) is 0 Å². The number of halogens is 3. The molecule has 1 unspecified atom stereocenters. The predicted octanol–water partition coefficient (Wildman–Crippen LogP) is 2.44. The van der Waals surface area contributed by atoms with Crippen LogP contribution >= 0.6 is 0 Å². The van der Waals surface area contributed by atoms with Gasteiger partial charge in [-0.05, 0) is 25.1 Å². The summed E-state index contributed by atoms with van der Waals surface area (Å²) in [5.41, 5.74) is -1.11. The van der Waals surface area contributed by atoms with Gasteiger partial charge in [-0.2, -0.15) is 18.3 Å². The topological polar surface area (TPSA) is 81.1 Å². The lowest BCUT2D eigenvalue weighted by Gasteiger charge is -2.16. The Kier molecular flexibility index (Phi) is 5.39. The van der Waals surface area contributed by atoms with Gasteiger partial charge in [0.15, 0.2) is 0 Å². The Morgan fingerprint density at radius 1 is 1.42 bits per heavy atom. The standard InChI is InChI=1S/C14H16F3N5O2/c1-9(6-24-2)20-13(23)21-10-3-4-12(22-8-18-7-19-22)11(5-10)14(15,16)17/h3-5,7-9H,6H2,1-2H3,(H2,20,21,23). The van der Waals surface area contributed by atoms with Crippen LogP contribution in [0.3, 0.4) is 0 Å². The molecule has 2 aromatic rings. The molecule has 0 fully saturated rings. The summed E-state index contributed by atoms with van der Waals surface area (Å²) >= 11 is 0. The van der Waals surface area contributed by atoms with E-state index in [1.165, 1.54) is 19.2 Å². The quantitative estimate of drug-likeness (QED) is 0.874. The molecule has 0 saturated carbocycles. The zero-order valence-corrected chi connectivity index (χ0v) is 13.0. The van der Waals surface area contributed by atoms with Crippen molar-refractivity contribution in [2.75, 3.05) is 19.0 Å². The van der Waals surface area contributed by atoms with E-state index < -0.39 is 17.8 Å². The molecule has 10 heteroatoms. The highest BCUT2D eigenvalue weighted by Crippen LogP contribution is 2.35. The number of aromatic nitrogens is 3. The molecule has 0 aliphatic carbocycles. The molecule has 0 bridgehead atoms. The Bertz CT molecular complexity index is 688. The van der Waals surface area contributed by atoms with Crippen LogP contribution in [0, 0.1) is 0 Å². The van der Waals surface area contributed by atoms with E-state index in [1.54, 1.807) is 6.92 Å². The summed E-state index contributed by atoms with van der Waals surface area (Å²) < 4.78 is 45.7. The van der Waals surface area contributed by atoms with Crippen molar-refractivity contribution in [3.05, 3.63) is 36.4 Å². The second-order valence-corrected chi connectivity index (χ2v) is 5.02. The first-order chi connectivity index (χ1) is 11.3. The first-order valence-electron chi connectivity index (χ1n) is 6.94. The fraction of sp³-hybridized carbons (Fsp3) is 0.357. The van der Waals surface area contributed by atoms with Crippen molar-refractivity contribution in [3.63, 3.8) is 0 Å². The van der Waals surface area contributed by atoms with Crippen molar-refractivity contribution in [1.82, 2.24) is 20.1 Å². The average Bonchev–Trinajstić information content (AvgIpc) is 3.00. The van der Waals surface area contributed by atoms with Crippen molar-refractivity contribution in [3.8, 4) is 5.69 Å². The van der Waals surface area contributed by atoms with Gasteiger partial charge in [0.1, 0.15) is 12.7 Å². The molecule has 24 heavy (non-hydrogen) atoms. The molecule has 2 N–H and O–H groups in total. The fourth-order valence-electron chi connectivity index (χ4n) is 2.06. The Labute approximate surface area is 135 Å². The highest BCUT2D eigenvalue weighted by atomic mass is 19.4. The number of amides is 2. The van der Waals surface area contributed by atoms with Crippen LogP contribution in [-0.4, -0.2) is 40.6 Å². The van der Waals surface area contributed by atoms with Crippen molar-refractivity contribution < 1.29 is 22.7 Å². The van der Waals surface area contributed by atoms with Gasteiger partial charge in [0.05, 0.1) is 23.9 Å². The number of urea groups is 1. The maximum atomic E-state index is 13.3. The number of nitrogens with one attached hydrogen (secondary N) is 2. The van der Waals surface area contributed by atoms with Gasteiger partial charge in [-0.1, -0.05) is 0 Å². The van der Waals surface area contributed by atoms with E-state index in [2.05, 4.69) is 20.7 Å². The van der Waals surface area contributed by atoms with Crippen molar-refractivity contribution >= 4 is 11.7 Å². The van der Waals surface area contributed by atoms with E-state index in [0.717, 1.165) is 23.4 Å². The van der Waals surface area contributed by atoms with Crippen LogP contribution in [0.15, 0.2) is 30.9 Å². The number of carbonyl (C=O) groups is 1. The van der Waals surface area contributed by atoms with Crippen LogP contribution in [0.1, 0.15) is 12.5 Å². The van der Waals surface area contributed by atoms with Gasteiger partial charge >= 0.3 is 12.2 Å².